The van der Waals surface area contributed by atoms with Crippen LogP contribution in [0.4, 0.5) is 0 Å². The van der Waals surface area contributed by atoms with Crippen molar-refractivity contribution in [3.8, 4) is 0 Å². The summed E-state index contributed by atoms with van der Waals surface area (Å²) >= 11 is 0. The molecule has 1 fully saturated rings. The summed E-state index contributed by atoms with van der Waals surface area (Å²) in [7, 11) is 0. The van der Waals surface area contributed by atoms with Crippen LogP contribution in [0, 0.1) is 5.92 Å². The predicted octanol–water partition coefficient (Wildman–Crippen LogP) is 0.388. The fraction of sp³-hybridized carbons (Fsp3) is 0.421. The van der Waals surface area contributed by atoms with Gasteiger partial charge in [0.05, 0.1) is 12.3 Å². The molecule has 7 N–H and O–H groups in total. The van der Waals surface area contributed by atoms with E-state index < -0.39 is 53.7 Å². The van der Waals surface area contributed by atoms with Crippen LogP contribution in [0.5, 0.6) is 0 Å². The standard InChI is InChI=1S/C11H11NO5.C8H13NO4/c13-9(14)6-8(11(16)17)12-10(15)7-4-2-1-3-5-7;9-8(7(12)13)4-2-1-3-5(8)6(10)11/h1-5,8H,6H2,(H,12,15)(H,13,14)(H,16,17);5H,1-4,9H2,(H,10,11)(H,12,13)/t8-;5-,8-/m10/s1. The lowest BCUT2D eigenvalue weighted by Crippen LogP contribution is -2.58. The molecule has 2 rings (SSSR count). The van der Waals surface area contributed by atoms with E-state index in [4.69, 9.17) is 26.2 Å². The Kier molecular flexibility index (Phi) is 8.93. The molecule has 0 radical (unpaired) electrons. The molecule has 1 saturated carbocycles. The van der Waals surface area contributed by atoms with Crippen LogP contribution >= 0.6 is 0 Å². The van der Waals surface area contributed by atoms with E-state index in [1.54, 1.807) is 18.2 Å². The van der Waals surface area contributed by atoms with Crippen LogP contribution in [0.25, 0.3) is 0 Å². The zero-order valence-corrected chi connectivity index (χ0v) is 16.0. The Hall–Kier alpha value is -3.47. The Morgan fingerprint density at radius 1 is 1.03 bits per heavy atom. The number of nitrogens with one attached hydrogen (secondary N) is 1. The van der Waals surface area contributed by atoms with Crippen molar-refractivity contribution >= 4 is 29.8 Å². The first-order valence-electron chi connectivity index (χ1n) is 9.04. The monoisotopic (exact) mass is 424 g/mol. The third kappa shape index (κ3) is 6.85. The number of carboxylic acid groups (broad SMARTS) is 4. The van der Waals surface area contributed by atoms with Crippen molar-refractivity contribution in [1.29, 1.82) is 0 Å². The Morgan fingerprint density at radius 2 is 1.63 bits per heavy atom. The molecule has 1 aliphatic rings. The topological polar surface area (TPSA) is 204 Å². The quantitative estimate of drug-likeness (QED) is 0.355. The molecule has 1 aliphatic carbocycles. The lowest BCUT2D eigenvalue weighted by Gasteiger charge is -2.34. The lowest BCUT2D eigenvalue weighted by molar-refractivity contribution is -0.157. The fourth-order valence-corrected chi connectivity index (χ4v) is 3.00. The van der Waals surface area contributed by atoms with Gasteiger partial charge in [0, 0.05) is 5.56 Å². The minimum absolute atomic E-state index is 0.249. The molecule has 11 heteroatoms. The molecule has 0 aromatic heterocycles. The first-order valence-corrected chi connectivity index (χ1v) is 9.04. The van der Waals surface area contributed by atoms with E-state index in [2.05, 4.69) is 5.32 Å². The number of benzene rings is 1. The molecule has 0 bridgehead atoms. The molecule has 0 heterocycles. The molecule has 11 nitrogen and oxygen atoms in total. The first-order chi connectivity index (χ1) is 14.0. The van der Waals surface area contributed by atoms with Gasteiger partial charge in [-0.1, -0.05) is 31.0 Å². The third-order valence-electron chi connectivity index (χ3n) is 4.67. The van der Waals surface area contributed by atoms with Crippen molar-refractivity contribution in [2.75, 3.05) is 0 Å². The number of rotatable bonds is 7. The molecule has 0 aliphatic heterocycles. The Morgan fingerprint density at radius 3 is 2.07 bits per heavy atom. The summed E-state index contributed by atoms with van der Waals surface area (Å²) in [6.07, 6.45) is 1.38. The summed E-state index contributed by atoms with van der Waals surface area (Å²) < 4.78 is 0. The fourth-order valence-electron chi connectivity index (χ4n) is 3.00. The van der Waals surface area contributed by atoms with Gasteiger partial charge in [-0.15, -0.1) is 0 Å². The van der Waals surface area contributed by atoms with Crippen LogP contribution in [0.15, 0.2) is 30.3 Å². The molecular weight excluding hydrogens is 400 g/mol. The molecule has 3 atom stereocenters. The lowest BCUT2D eigenvalue weighted by atomic mass is 9.73. The van der Waals surface area contributed by atoms with E-state index in [1.807, 2.05) is 0 Å². The summed E-state index contributed by atoms with van der Waals surface area (Å²) in [5.41, 5.74) is 4.28. The molecule has 30 heavy (non-hydrogen) atoms. The summed E-state index contributed by atoms with van der Waals surface area (Å²) in [5.74, 6) is -6.54. The van der Waals surface area contributed by atoms with Gasteiger partial charge in [0.15, 0.2) is 0 Å². The molecule has 0 saturated heterocycles. The van der Waals surface area contributed by atoms with Gasteiger partial charge < -0.3 is 31.5 Å². The zero-order valence-electron chi connectivity index (χ0n) is 16.0. The summed E-state index contributed by atoms with van der Waals surface area (Å²) in [5, 5.41) is 37.0. The van der Waals surface area contributed by atoms with E-state index in [-0.39, 0.29) is 12.0 Å². The van der Waals surface area contributed by atoms with E-state index in [9.17, 15) is 24.0 Å². The van der Waals surface area contributed by atoms with Gasteiger partial charge in [-0.3, -0.25) is 19.2 Å². The highest BCUT2D eigenvalue weighted by atomic mass is 16.4. The highest BCUT2D eigenvalue weighted by Gasteiger charge is 2.47. The second-order valence-electron chi connectivity index (χ2n) is 6.81. The van der Waals surface area contributed by atoms with E-state index in [0.29, 0.717) is 12.8 Å². The first kappa shape index (κ1) is 24.6. The highest BCUT2D eigenvalue weighted by molar-refractivity contribution is 5.97. The third-order valence-corrected chi connectivity index (χ3v) is 4.67. The van der Waals surface area contributed by atoms with Gasteiger partial charge in [0.2, 0.25) is 0 Å². The second-order valence-corrected chi connectivity index (χ2v) is 6.81. The summed E-state index contributed by atoms with van der Waals surface area (Å²) in [6.45, 7) is 0. The SMILES string of the molecule is N[C@@]1(C(=O)O)CCCC[C@H]1C(=O)O.O=C(O)C[C@@H](NC(=O)c1ccccc1)C(=O)O. The van der Waals surface area contributed by atoms with Gasteiger partial charge >= 0.3 is 23.9 Å². The van der Waals surface area contributed by atoms with Crippen LogP contribution < -0.4 is 11.1 Å². The van der Waals surface area contributed by atoms with E-state index >= 15 is 0 Å². The number of hydrogen-bond donors (Lipinski definition) is 6. The molecule has 0 unspecified atom stereocenters. The maximum absolute atomic E-state index is 11.6. The van der Waals surface area contributed by atoms with Crippen molar-refractivity contribution < 1.29 is 44.4 Å². The minimum Gasteiger partial charge on any atom is -0.481 e. The molecule has 164 valence electrons. The maximum atomic E-state index is 11.6. The largest absolute Gasteiger partial charge is 0.481 e. The van der Waals surface area contributed by atoms with Crippen molar-refractivity contribution in [3.05, 3.63) is 35.9 Å². The van der Waals surface area contributed by atoms with Crippen molar-refractivity contribution in [2.45, 2.75) is 43.7 Å². The van der Waals surface area contributed by atoms with Gasteiger partial charge in [0.1, 0.15) is 11.6 Å². The van der Waals surface area contributed by atoms with E-state index in [0.717, 1.165) is 6.42 Å². The van der Waals surface area contributed by atoms with Crippen LogP contribution in [-0.4, -0.2) is 61.8 Å². The van der Waals surface area contributed by atoms with Crippen molar-refractivity contribution in [1.82, 2.24) is 5.32 Å². The summed E-state index contributed by atoms with van der Waals surface area (Å²) in [4.78, 5) is 54.2. The average Bonchev–Trinajstić information content (AvgIpc) is 2.68. The van der Waals surface area contributed by atoms with Gasteiger partial charge in [-0.2, -0.15) is 0 Å². The molecule has 1 amide bonds. The molecule has 0 spiro atoms. The smallest absolute Gasteiger partial charge is 0.326 e. The number of nitrogens with two attached hydrogens (primary N) is 1. The van der Waals surface area contributed by atoms with Gasteiger partial charge in [0.25, 0.3) is 5.91 Å². The number of aliphatic carboxylic acids is 4. The summed E-state index contributed by atoms with van der Waals surface area (Å²) in [6, 6.07) is 6.55. The van der Waals surface area contributed by atoms with Crippen molar-refractivity contribution in [2.24, 2.45) is 11.7 Å². The average molecular weight is 424 g/mol. The zero-order chi connectivity index (χ0) is 22.9. The molecular formula is C19H24N2O9. The molecule has 1 aromatic rings. The predicted molar refractivity (Wildman–Crippen MR) is 102 cm³/mol. The van der Waals surface area contributed by atoms with Crippen molar-refractivity contribution in [3.63, 3.8) is 0 Å². The normalized spacial score (nSPS) is 21.3. The minimum atomic E-state index is -1.57. The maximum Gasteiger partial charge on any atom is 0.326 e. The number of carbonyl (C=O) groups is 5. The van der Waals surface area contributed by atoms with Crippen LogP contribution in [0.3, 0.4) is 0 Å². The van der Waals surface area contributed by atoms with Crippen LogP contribution in [-0.2, 0) is 19.2 Å². The molecule has 1 aromatic carbocycles. The van der Waals surface area contributed by atoms with Gasteiger partial charge in [-0.25, -0.2) is 4.79 Å². The van der Waals surface area contributed by atoms with Crippen LogP contribution in [0.2, 0.25) is 0 Å². The number of carboxylic acids is 4. The second kappa shape index (κ2) is 10.9. The highest BCUT2D eigenvalue weighted by Crippen LogP contribution is 2.32. The Labute approximate surface area is 171 Å². The number of carbonyl (C=O) groups excluding carboxylic acids is 1. The number of amides is 1. The van der Waals surface area contributed by atoms with E-state index in [1.165, 1.54) is 12.1 Å². The van der Waals surface area contributed by atoms with Gasteiger partial charge in [-0.05, 0) is 25.0 Å². The Bertz CT molecular complexity index is 796. The van der Waals surface area contributed by atoms with Crippen LogP contribution in [0.1, 0.15) is 42.5 Å². The Balaban J connectivity index is 0.000000311. The number of hydrogen-bond acceptors (Lipinski definition) is 6.